The molecule has 3 atom stereocenters. The second-order valence-electron chi connectivity index (χ2n) is 9.60. The first kappa shape index (κ1) is 18.8. The number of nitrogens with zero attached hydrogens (tertiary/aromatic N) is 2. The van der Waals surface area contributed by atoms with Crippen molar-refractivity contribution in [2.24, 2.45) is 0 Å². The largest absolute Gasteiger partial charge is 0.396 e. The number of fused-ring (bicyclic) bond motifs is 7. The van der Waals surface area contributed by atoms with Gasteiger partial charge in [0.2, 0.25) is 0 Å². The number of ether oxygens (including phenoxy) is 1. The summed E-state index contributed by atoms with van der Waals surface area (Å²) in [4.78, 5) is 19.8. The molecule has 3 aliphatic heterocycles. The molecule has 0 spiro atoms. The molecule has 5 aliphatic rings. The fourth-order valence-corrected chi connectivity index (χ4v) is 6.37. The van der Waals surface area contributed by atoms with E-state index < -0.39 is 11.4 Å². The van der Waals surface area contributed by atoms with Crippen LogP contribution in [0.5, 0.6) is 0 Å². The number of benzene rings is 1. The highest BCUT2D eigenvalue weighted by atomic mass is 19.1. The van der Waals surface area contributed by atoms with Crippen molar-refractivity contribution in [3.8, 4) is 0 Å². The monoisotopic (exact) mass is 433 g/mol. The molecule has 0 radical (unpaired) electrons. The third kappa shape index (κ3) is 2.16. The van der Waals surface area contributed by atoms with E-state index in [-0.39, 0.29) is 23.8 Å². The summed E-state index contributed by atoms with van der Waals surface area (Å²) in [5, 5.41) is 12.3. The van der Waals surface area contributed by atoms with Crippen LogP contribution < -0.4 is 5.73 Å². The van der Waals surface area contributed by atoms with Crippen LogP contribution in [-0.2, 0) is 28.9 Å². The molecule has 2 unspecified atom stereocenters. The number of rotatable bonds is 1. The maximum absolute atomic E-state index is 14.6. The Morgan fingerprint density at radius 1 is 1.28 bits per heavy atom. The van der Waals surface area contributed by atoms with Gasteiger partial charge in [-0.15, -0.1) is 0 Å². The predicted octanol–water partition coefficient (Wildman–Crippen LogP) is 3.14. The van der Waals surface area contributed by atoms with Gasteiger partial charge < -0.3 is 20.5 Å². The molecule has 7 rings (SSSR count). The van der Waals surface area contributed by atoms with Crippen LogP contribution in [0.15, 0.2) is 23.3 Å². The molecule has 4 heterocycles. The second kappa shape index (κ2) is 5.97. The van der Waals surface area contributed by atoms with Gasteiger partial charge in [0.1, 0.15) is 17.5 Å². The van der Waals surface area contributed by atoms with Crippen LogP contribution in [0.25, 0.3) is 16.6 Å². The Balaban J connectivity index is 1.50. The van der Waals surface area contributed by atoms with E-state index in [0.717, 1.165) is 52.7 Å². The summed E-state index contributed by atoms with van der Waals surface area (Å²) in [6, 6.07) is 1.44. The molecule has 1 aromatic heterocycles. The Labute approximate surface area is 184 Å². The van der Waals surface area contributed by atoms with Crippen LogP contribution in [-0.4, -0.2) is 38.7 Å². The number of pyridine rings is 1. The van der Waals surface area contributed by atoms with Gasteiger partial charge in [-0.2, -0.15) is 0 Å². The molecule has 1 aromatic carbocycles. The third-order valence-electron chi connectivity index (χ3n) is 8.11. The highest BCUT2D eigenvalue weighted by molar-refractivity contribution is 5.96. The van der Waals surface area contributed by atoms with E-state index in [0.29, 0.717) is 36.9 Å². The minimum absolute atomic E-state index is 0.103. The summed E-state index contributed by atoms with van der Waals surface area (Å²) in [6.45, 7) is 2.50. The Kier molecular flexibility index (Phi) is 3.50. The van der Waals surface area contributed by atoms with Crippen LogP contribution in [0.1, 0.15) is 55.0 Å². The molecule has 0 bridgehead atoms. The Hall–Kier alpha value is -2.77. The summed E-state index contributed by atoms with van der Waals surface area (Å²) in [5.41, 5.74) is 12.0. The molecule has 2 aromatic rings. The summed E-state index contributed by atoms with van der Waals surface area (Å²) in [6.07, 6.45) is 5.61. The topological polar surface area (TPSA) is 92.0 Å². The quantitative estimate of drug-likeness (QED) is 0.530. The minimum Gasteiger partial charge on any atom is -0.396 e. The van der Waals surface area contributed by atoms with Crippen molar-refractivity contribution < 1.29 is 19.0 Å². The average molecular weight is 433 g/mol. The van der Waals surface area contributed by atoms with E-state index in [1.807, 2.05) is 13.0 Å². The van der Waals surface area contributed by atoms with Crippen molar-refractivity contribution in [3.05, 3.63) is 51.5 Å². The van der Waals surface area contributed by atoms with Crippen LogP contribution in [0.2, 0.25) is 0 Å². The molecule has 32 heavy (non-hydrogen) atoms. The van der Waals surface area contributed by atoms with Gasteiger partial charge in [-0.05, 0) is 60.5 Å². The lowest BCUT2D eigenvalue weighted by Gasteiger charge is -2.33. The van der Waals surface area contributed by atoms with Crippen molar-refractivity contribution in [1.82, 2.24) is 9.88 Å². The number of carbonyl (C=O) groups excluding carboxylic acids is 1. The number of aromatic nitrogens is 1. The molecule has 3 N–H and O–H groups in total. The smallest absolute Gasteiger partial charge is 0.169 e. The molecule has 7 heteroatoms. The lowest BCUT2D eigenvalue weighted by Crippen LogP contribution is -2.43. The highest BCUT2D eigenvalue weighted by Gasteiger charge is 2.56. The Bertz CT molecular complexity index is 1330. The van der Waals surface area contributed by atoms with Gasteiger partial charge in [0.05, 0.1) is 22.6 Å². The van der Waals surface area contributed by atoms with Crippen LogP contribution in [0, 0.1) is 5.82 Å². The van der Waals surface area contributed by atoms with Crippen molar-refractivity contribution in [2.45, 2.75) is 69.9 Å². The normalized spacial score (nSPS) is 29.9. The van der Waals surface area contributed by atoms with Gasteiger partial charge in [-0.1, -0.05) is 6.92 Å². The van der Waals surface area contributed by atoms with Crippen molar-refractivity contribution in [1.29, 1.82) is 0 Å². The van der Waals surface area contributed by atoms with Gasteiger partial charge in [0.15, 0.2) is 12.0 Å². The lowest BCUT2D eigenvalue weighted by atomic mass is 9.75. The Morgan fingerprint density at radius 3 is 2.91 bits per heavy atom. The van der Waals surface area contributed by atoms with Crippen molar-refractivity contribution in [2.75, 3.05) is 5.73 Å². The number of aryl methyl sites for hydroxylation is 2. The van der Waals surface area contributed by atoms with Gasteiger partial charge in [0.25, 0.3) is 0 Å². The standard InChI is InChI=1S/C25H24FN3O3/c1-2-25(31)15-8-18-22-14(10-29(18)24-23(32-24)12(15)6-7-19(25)30)11-4-3-5-13-20(11)17(28-22)9-16(26)21(13)27/h8-9,23-24,31H,2-7,10,27H2,1H3/t23?,24?,25-/m0/s1. The zero-order valence-electron chi connectivity index (χ0n) is 17.9. The number of epoxide rings is 1. The number of nitrogen functional groups attached to an aromatic ring is 1. The van der Waals surface area contributed by atoms with Crippen LogP contribution >= 0.6 is 0 Å². The van der Waals surface area contributed by atoms with E-state index in [4.69, 9.17) is 15.5 Å². The number of nitrogens with two attached hydrogens (primary N) is 1. The van der Waals surface area contributed by atoms with Gasteiger partial charge in [0, 0.05) is 30.0 Å². The Morgan fingerprint density at radius 2 is 2.09 bits per heavy atom. The third-order valence-corrected chi connectivity index (χ3v) is 8.11. The molecule has 2 aliphatic carbocycles. The number of anilines is 1. The second-order valence-corrected chi connectivity index (χ2v) is 9.60. The van der Waals surface area contributed by atoms with E-state index in [1.165, 1.54) is 11.6 Å². The average Bonchev–Trinajstić information content (AvgIpc) is 3.52. The fourth-order valence-electron chi connectivity index (χ4n) is 6.37. The summed E-state index contributed by atoms with van der Waals surface area (Å²) in [5.74, 6) is -0.561. The molecular formula is C25H24FN3O3. The first-order valence-corrected chi connectivity index (χ1v) is 11.5. The number of hydrogen-bond donors (Lipinski definition) is 2. The summed E-state index contributed by atoms with van der Waals surface area (Å²) in [7, 11) is 0. The van der Waals surface area contributed by atoms with E-state index in [9.17, 15) is 14.3 Å². The van der Waals surface area contributed by atoms with Crippen LogP contribution in [0.4, 0.5) is 10.1 Å². The predicted molar refractivity (Wildman–Crippen MR) is 117 cm³/mol. The van der Waals surface area contributed by atoms with E-state index >= 15 is 0 Å². The van der Waals surface area contributed by atoms with Gasteiger partial charge >= 0.3 is 0 Å². The maximum atomic E-state index is 14.6. The molecule has 164 valence electrons. The highest BCUT2D eigenvalue weighted by Crippen LogP contribution is 2.52. The van der Waals surface area contributed by atoms with E-state index in [1.54, 1.807) is 0 Å². The number of ketones is 1. The molecule has 6 nitrogen and oxygen atoms in total. The zero-order valence-corrected chi connectivity index (χ0v) is 17.9. The van der Waals surface area contributed by atoms with E-state index in [2.05, 4.69) is 4.90 Å². The van der Waals surface area contributed by atoms with Crippen molar-refractivity contribution >= 4 is 28.1 Å². The first-order chi connectivity index (χ1) is 15.4. The number of hydrogen-bond acceptors (Lipinski definition) is 6. The molecule has 0 amide bonds. The molecule has 1 fully saturated rings. The molecular weight excluding hydrogens is 409 g/mol. The zero-order chi connectivity index (χ0) is 21.9. The number of Topliss-reactive ketones (excluding diaryl/α,β-unsaturated/α-hetero) is 1. The van der Waals surface area contributed by atoms with Gasteiger partial charge in [-0.3, -0.25) is 4.79 Å². The summed E-state index contributed by atoms with van der Waals surface area (Å²) >= 11 is 0. The number of halogens is 1. The lowest BCUT2D eigenvalue weighted by molar-refractivity contribution is -0.134. The summed E-state index contributed by atoms with van der Waals surface area (Å²) < 4.78 is 20.7. The fraction of sp³-hybridized carbons (Fsp3) is 0.440. The first-order valence-electron chi connectivity index (χ1n) is 11.5. The van der Waals surface area contributed by atoms with Crippen molar-refractivity contribution in [3.63, 3.8) is 0 Å². The number of aliphatic hydroxyl groups is 1. The minimum atomic E-state index is -1.49. The molecule has 0 saturated carbocycles. The van der Waals surface area contributed by atoms with Crippen LogP contribution in [0.3, 0.4) is 0 Å². The SMILES string of the molecule is CC[C@@]1(O)C(=O)CCC2=C1C=C1c3nc4cc(F)c(N)c5c4c(c3CN1C1OC21)CCC5. The maximum Gasteiger partial charge on any atom is 0.169 e. The molecule has 1 saturated heterocycles. The number of carbonyl (C=O) groups is 1. The van der Waals surface area contributed by atoms with Gasteiger partial charge in [-0.25, -0.2) is 9.37 Å².